The fourth-order valence-corrected chi connectivity index (χ4v) is 5.94. The molecular weight excluding hydrogens is 410 g/mol. The number of carbonyl (C=O) groups is 1. The number of rotatable bonds is 5. The van der Waals surface area contributed by atoms with E-state index >= 15 is 0 Å². The van der Waals surface area contributed by atoms with Crippen LogP contribution in [0.3, 0.4) is 0 Å². The molecule has 0 spiro atoms. The number of para-hydroxylation sites is 1. The van der Waals surface area contributed by atoms with E-state index in [1.807, 2.05) is 35.2 Å². The average molecular weight is 442 g/mol. The zero-order valence-electron chi connectivity index (χ0n) is 18.5. The summed E-state index contributed by atoms with van der Waals surface area (Å²) in [6.45, 7) is 8.47. The Kier molecular flexibility index (Phi) is 6.19. The van der Waals surface area contributed by atoms with E-state index in [2.05, 4.69) is 31.7 Å². The van der Waals surface area contributed by atoms with Crippen molar-refractivity contribution < 1.29 is 13.2 Å². The highest BCUT2D eigenvalue weighted by Crippen LogP contribution is 2.32. The zero-order chi connectivity index (χ0) is 22.2. The molecule has 0 saturated carbocycles. The third-order valence-corrected chi connectivity index (χ3v) is 8.26. The van der Waals surface area contributed by atoms with Crippen molar-refractivity contribution in [3.05, 3.63) is 59.7 Å². The van der Waals surface area contributed by atoms with Gasteiger partial charge in [-0.15, -0.1) is 0 Å². The zero-order valence-corrected chi connectivity index (χ0v) is 19.3. The summed E-state index contributed by atoms with van der Waals surface area (Å²) in [7, 11) is -3.51. The maximum absolute atomic E-state index is 13.0. The van der Waals surface area contributed by atoms with Crippen molar-refractivity contribution in [2.45, 2.75) is 44.0 Å². The van der Waals surface area contributed by atoms with Crippen LogP contribution >= 0.6 is 0 Å². The van der Waals surface area contributed by atoms with Gasteiger partial charge in [-0.1, -0.05) is 44.2 Å². The first kappa shape index (κ1) is 22.0. The highest BCUT2D eigenvalue weighted by molar-refractivity contribution is 7.89. The van der Waals surface area contributed by atoms with Crippen LogP contribution in [0.4, 0.5) is 5.69 Å². The van der Waals surface area contributed by atoms with E-state index in [1.54, 1.807) is 12.1 Å². The van der Waals surface area contributed by atoms with Crippen LogP contribution in [0.25, 0.3) is 0 Å². The molecular formula is C24H31N3O3S. The Bertz CT molecular complexity index is 1040. The summed E-state index contributed by atoms with van der Waals surface area (Å²) >= 11 is 0. The van der Waals surface area contributed by atoms with Crippen molar-refractivity contribution >= 4 is 21.6 Å². The number of sulfonamides is 1. The van der Waals surface area contributed by atoms with E-state index in [9.17, 15) is 13.2 Å². The summed E-state index contributed by atoms with van der Waals surface area (Å²) in [5.41, 5.74) is 3.34. The molecule has 1 fully saturated rings. The lowest BCUT2D eigenvalue weighted by Gasteiger charge is -2.35. The average Bonchev–Trinajstić information content (AvgIpc) is 3.10. The van der Waals surface area contributed by atoms with Gasteiger partial charge in [0.05, 0.1) is 11.4 Å². The molecule has 0 aliphatic carbocycles. The Morgan fingerprint density at radius 3 is 2.29 bits per heavy atom. The largest absolute Gasteiger partial charge is 0.308 e. The molecule has 0 radical (unpaired) electrons. The third kappa shape index (κ3) is 4.40. The second-order valence-electron chi connectivity index (χ2n) is 8.85. The van der Waals surface area contributed by atoms with E-state index in [-0.39, 0.29) is 11.9 Å². The Morgan fingerprint density at radius 2 is 1.65 bits per heavy atom. The summed E-state index contributed by atoms with van der Waals surface area (Å²) in [6.07, 6.45) is 0.879. The second-order valence-corrected chi connectivity index (χ2v) is 10.8. The lowest BCUT2D eigenvalue weighted by molar-refractivity contribution is -0.120. The van der Waals surface area contributed by atoms with E-state index in [0.29, 0.717) is 43.5 Å². The molecule has 2 heterocycles. The molecule has 6 nitrogen and oxygen atoms in total. The number of piperazine rings is 1. The van der Waals surface area contributed by atoms with Gasteiger partial charge in [0, 0.05) is 37.9 Å². The summed E-state index contributed by atoms with van der Waals surface area (Å²) in [4.78, 5) is 17.3. The van der Waals surface area contributed by atoms with Gasteiger partial charge >= 0.3 is 0 Å². The lowest BCUT2D eigenvalue weighted by Crippen LogP contribution is -2.52. The van der Waals surface area contributed by atoms with Crippen molar-refractivity contribution in [1.29, 1.82) is 0 Å². The van der Waals surface area contributed by atoms with Gasteiger partial charge in [-0.25, -0.2) is 8.42 Å². The van der Waals surface area contributed by atoms with Crippen LogP contribution in [-0.2, 0) is 21.2 Å². The summed E-state index contributed by atoms with van der Waals surface area (Å²) in [6, 6.07) is 15.4. The van der Waals surface area contributed by atoms with Gasteiger partial charge in [-0.3, -0.25) is 9.69 Å². The minimum Gasteiger partial charge on any atom is -0.308 e. The molecule has 0 N–H and O–H groups in total. The Hall–Kier alpha value is -2.22. The smallest absolute Gasteiger partial charge is 0.243 e. The van der Waals surface area contributed by atoms with Gasteiger partial charge in [0.1, 0.15) is 0 Å². The van der Waals surface area contributed by atoms with Gasteiger partial charge in [-0.2, -0.15) is 4.31 Å². The summed E-state index contributed by atoms with van der Waals surface area (Å²) < 4.78 is 27.6. The van der Waals surface area contributed by atoms with Crippen molar-refractivity contribution in [2.75, 3.05) is 37.6 Å². The Labute approximate surface area is 185 Å². The fourth-order valence-electron chi connectivity index (χ4n) is 4.51. The van der Waals surface area contributed by atoms with Crippen molar-refractivity contribution in [2.24, 2.45) is 0 Å². The number of benzene rings is 2. The quantitative estimate of drug-likeness (QED) is 0.715. The lowest BCUT2D eigenvalue weighted by atomic mass is 10.0. The predicted octanol–water partition coefficient (Wildman–Crippen LogP) is 3.09. The van der Waals surface area contributed by atoms with Gasteiger partial charge in [0.25, 0.3) is 0 Å². The van der Waals surface area contributed by atoms with Crippen LogP contribution in [0.15, 0.2) is 53.4 Å². The van der Waals surface area contributed by atoms with Crippen LogP contribution < -0.4 is 4.90 Å². The monoisotopic (exact) mass is 441 g/mol. The first-order chi connectivity index (χ1) is 14.8. The third-order valence-electron chi connectivity index (χ3n) is 6.35. The van der Waals surface area contributed by atoms with E-state index in [0.717, 1.165) is 17.7 Å². The second kappa shape index (κ2) is 8.73. The SMILES string of the molecule is CC(C)c1ccc(S(=O)(=O)N2CCN(CC(=O)N3c4ccccc4C[C@H]3C)CC2)cc1. The number of nitrogens with zero attached hydrogens (tertiary/aromatic N) is 3. The number of amides is 1. The molecule has 1 saturated heterocycles. The summed E-state index contributed by atoms with van der Waals surface area (Å²) in [5.74, 6) is 0.446. The van der Waals surface area contributed by atoms with Gasteiger partial charge in [0.2, 0.25) is 15.9 Å². The van der Waals surface area contributed by atoms with Crippen molar-refractivity contribution in [3.8, 4) is 0 Å². The van der Waals surface area contributed by atoms with Crippen LogP contribution in [0.5, 0.6) is 0 Å². The van der Waals surface area contributed by atoms with E-state index in [1.165, 1.54) is 9.87 Å². The molecule has 2 aliphatic heterocycles. The molecule has 1 atom stereocenters. The van der Waals surface area contributed by atoms with Crippen LogP contribution in [0.1, 0.15) is 37.8 Å². The molecule has 0 unspecified atom stereocenters. The molecule has 31 heavy (non-hydrogen) atoms. The van der Waals surface area contributed by atoms with Gasteiger partial charge in [-0.05, 0) is 48.6 Å². The molecule has 0 bridgehead atoms. The van der Waals surface area contributed by atoms with Crippen LogP contribution in [0.2, 0.25) is 0 Å². The predicted molar refractivity (Wildman–Crippen MR) is 123 cm³/mol. The van der Waals surface area contributed by atoms with Crippen molar-refractivity contribution in [3.63, 3.8) is 0 Å². The maximum atomic E-state index is 13.0. The molecule has 2 aliphatic rings. The Morgan fingerprint density at radius 1 is 1.00 bits per heavy atom. The molecule has 7 heteroatoms. The standard InChI is InChI=1S/C24H31N3O3S/c1-18(2)20-8-10-22(11-9-20)31(29,30)26-14-12-25(13-15-26)17-24(28)27-19(3)16-21-6-4-5-7-23(21)27/h4-11,18-19H,12-17H2,1-3H3/t19-/m1/s1. The minimum absolute atomic E-state index is 0.0815. The molecule has 166 valence electrons. The summed E-state index contributed by atoms with van der Waals surface area (Å²) in [5, 5.41) is 0. The molecule has 0 aromatic heterocycles. The first-order valence-electron chi connectivity index (χ1n) is 11.0. The van der Waals surface area contributed by atoms with Gasteiger partial charge in [0.15, 0.2) is 0 Å². The van der Waals surface area contributed by atoms with Crippen LogP contribution in [0, 0.1) is 0 Å². The van der Waals surface area contributed by atoms with E-state index in [4.69, 9.17) is 0 Å². The number of carbonyl (C=O) groups excluding carboxylic acids is 1. The highest BCUT2D eigenvalue weighted by Gasteiger charge is 2.33. The first-order valence-corrected chi connectivity index (χ1v) is 12.4. The number of hydrogen-bond acceptors (Lipinski definition) is 4. The normalized spacial score (nSPS) is 20.3. The van der Waals surface area contributed by atoms with Gasteiger partial charge < -0.3 is 4.90 Å². The fraction of sp³-hybridized carbons (Fsp3) is 0.458. The number of hydrogen-bond donors (Lipinski definition) is 0. The van der Waals surface area contributed by atoms with Crippen LogP contribution in [-0.4, -0.2) is 62.3 Å². The topological polar surface area (TPSA) is 60.9 Å². The maximum Gasteiger partial charge on any atom is 0.243 e. The molecule has 4 rings (SSSR count). The molecule has 2 aromatic carbocycles. The minimum atomic E-state index is -3.51. The molecule has 2 aromatic rings. The number of anilines is 1. The van der Waals surface area contributed by atoms with E-state index < -0.39 is 10.0 Å². The Balaban J connectivity index is 1.37. The number of fused-ring (bicyclic) bond motifs is 1. The van der Waals surface area contributed by atoms with Crippen molar-refractivity contribution in [1.82, 2.24) is 9.21 Å². The highest BCUT2D eigenvalue weighted by atomic mass is 32.2. The molecule has 1 amide bonds.